The van der Waals surface area contributed by atoms with Crippen LogP contribution < -0.4 is 5.32 Å². The second kappa shape index (κ2) is 9.01. The summed E-state index contributed by atoms with van der Waals surface area (Å²) in [6, 6.07) is 0. The number of hydrogen-bond acceptors (Lipinski definition) is 3. The Morgan fingerprint density at radius 1 is 1.05 bits per heavy atom. The fraction of sp³-hybridized carbons (Fsp3) is 1.00. The first-order valence-electron chi connectivity index (χ1n) is 8.33. The number of ether oxygens (including phenoxy) is 1. The minimum atomic E-state index is 0.499. The van der Waals surface area contributed by atoms with Gasteiger partial charge in [0.25, 0.3) is 0 Å². The minimum absolute atomic E-state index is 0.499. The maximum atomic E-state index is 5.59. The Balaban J connectivity index is 1.97. The third kappa shape index (κ3) is 7.61. The van der Waals surface area contributed by atoms with Crippen molar-refractivity contribution >= 4 is 0 Å². The Morgan fingerprint density at radius 2 is 1.70 bits per heavy atom. The van der Waals surface area contributed by atoms with Crippen molar-refractivity contribution in [2.45, 2.75) is 46.5 Å². The van der Waals surface area contributed by atoms with Gasteiger partial charge in [-0.15, -0.1) is 0 Å². The van der Waals surface area contributed by atoms with Crippen LogP contribution in [0.3, 0.4) is 0 Å². The second-order valence-electron chi connectivity index (χ2n) is 7.70. The molecular formula is C17H36N2O. The van der Waals surface area contributed by atoms with E-state index in [-0.39, 0.29) is 0 Å². The van der Waals surface area contributed by atoms with Crippen LogP contribution in [0.1, 0.15) is 46.5 Å². The zero-order valence-electron chi connectivity index (χ0n) is 14.4. The van der Waals surface area contributed by atoms with Crippen LogP contribution in [0.5, 0.6) is 0 Å². The van der Waals surface area contributed by atoms with Crippen molar-refractivity contribution in [2.75, 3.05) is 46.9 Å². The first kappa shape index (κ1) is 17.9. The molecule has 0 saturated heterocycles. The molecule has 0 heterocycles. The van der Waals surface area contributed by atoms with E-state index in [0.29, 0.717) is 5.41 Å². The maximum absolute atomic E-state index is 5.59. The smallest absolute Gasteiger partial charge is 0.0593 e. The summed E-state index contributed by atoms with van der Waals surface area (Å²) in [5, 5.41) is 3.56. The third-order valence-electron chi connectivity index (χ3n) is 4.61. The first-order valence-corrected chi connectivity index (χ1v) is 8.33. The molecular weight excluding hydrogens is 248 g/mol. The predicted molar refractivity (Wildman–Crippen MR) is 87.1 cm³/mol. The van der Waals surface area contributed by atoms with E-state index in [9.17, 15) is 0 Å². The first-order chi connectivity index (χ1) is 9.39. The minimum Gasteiger partial charge on any atom is -0.379 e. The van der Waals surface area contributed by atoms with Crippen molar-refractivity contribution < 1.29 is 4.74 Å². The highest BCUT2D eigenvalue weighted by Crippen LogP contribution is 2.39. The third-order valence-corrected chi connectivity index (χ3v) is 4.61. The molecule has 0 aromatic heterocycles. The van der Waals surface area contributed by atoms with Crippen LogP contribution in [0.15, 0.2) is 0 Å². The number of nitrogens with zero attached hydrogens (tertiary/aromatic N) is 1. The van der Waals surface area contributed by atoms with E-state index < -0.39 is 0 Å². The van der Waals surface area contributed by atoms with Crippen LogP contribution in [0.25, 0.3) is 0 Å². The summed E-state index contributed by atoms with van der Waals surface area (Å²) in [5.74, 6) is 1.81. The summed E-state index contributed by atoms with van der Waals surface area (Å²) >= 11 is 0. The molecule has 1 N–H and O–H groups in total. The lowest BCUT2D eigenvalue weighted by Gasteiger charge is -2.37. The van der Waals surface area contributed by atoms with E-state index in [1.54, 1.807) is 0 Å². The molecule has 0 unspecified atom stereocenters. The molecule has 3 nitrogen and oxygen atoms in total. The molecule has 0 aliphatic heterocycles. The normalized spacial score (nSPS) is 24.3. The Morgan fingerprint density at radius 3 is 2.25 bits per heavy atom. The molecule has 1 fully saturated rings. The Hall–Kier alpha value is -0.120. The summed E-state index contributed by atoms with van der Waals surface area (Å²) < 4.78 is 5.59. The lowest BCUT2D eigenvalue weighted by Crippen LogP contribution is -2.32. The van der Waals surface area contributed by atoms with Gasteiger partial charge in [0.15, 0.2) is 0 Å². The van der Waals surface area contributed by atoms with Gasteiger partial charge in [0.05, 0.1) is 13.2 Å². The largest absolute Gasteiger partial charge is 0.379 e. The molecule has 1 aliphatic carbocycles. The lowest BCUT2D eigenvalue weighted by molar-refractivity contribution is 0.116. The van der Waals surface area contributed by atoms with Gasteiger partial charge in [0.1, 0.15) is 0 Å². The molecule has 20 heavy (non-hydrogen) atoms. The van der Waals surface area contributed by atoms with Crippen LogP contribution in [-0.4, -0.2) is 51.8 Å². The van der Waals surface area contributed by atoms with Crippen molar-refractivity contribution in [1.29, 1.82) is 0 Å². The predicted octanol–water partition coefficient (Wildman–Crippen LogP) is 3.01. The lowest BCUT2D eigenvalue weighted by atomic mass is 9.70. The molecule has 1 rings (SSSR count). The van der Waals surface area contributed by atoms with E-state index in [1.165, 1.54) is 32.2 Å². The standard InChI is InChI=1S/C17H36N2O/c1-17(2,3)16-8-6-15(7-9-16)14-18-10-12-20-13-11-19(4)5/h15-16,18H,6-14H2,1-5H3. The maximum Gasteiger partial charge on any atom is 0.0593 e. The molecule has 1 saturated carbocycles. The van der Waals surface area contributed by atoms with Crippen LogP contribution in [-0.2, 0) is 4.74 Å². The molecule has 0 amide bonds. The van der Waals surface area contributed by atoms with Gasteiger partial charge >= 0.3 is 0 Å². The molecule has 0 aromatic rings. The highest BCUT2D eigenvalue weighted by atomic mass is 16.5. The van der Waals surface area contributed by atoms with E-state index in [2.05, 4.69) is 45.1 Å². The van der Waals surface area contributed by atoms with Crippen LogP contribution in [0, 0.1) is 17.3 Å². The molecule has 0 radical (unpaired) electrons. The van der Waals surface area contributed by atoms with Crippen molar-refractivity contribution in [3.63, 3.8) is 0 Å². The van der Waals surface area contributed by atoms with Crippen molar-refractivity contribution in [3.05, 3.63) is 0 Å². The van der Waals surface area contributed by atoms with Gasteiger partial charge in [-0.1, -0.05) is 20.8 Å². The number of likely N-dealkylation sites (N-methyl/N-ethyl adjacent to an activating group) is 1. The number of rotatable bonds is 8. The van der Waals surface area contributed by atoms with Gasteiger partial charge < -0.3 is 15.0 Å². The van der Waals surface area contributed by atoms with Crippen molar-refractivity contribution in [2.24, 2.45) is 17.3 Å². The Bertz CT molecular complexity index is 240. The monoisotopic (exact) mass is 284 g/mol. The van der Waals surface area contributed by atoms with Crippen molar-refractivity contribution in [3.8, 4) is 0 Å². The van der Waals surface area contributed by atoms with Crippen LogP contribution in [0.4, 0.5) is 0 Å². The summed E-state index contributed by atoms with van der Waals surface area (Å²) in [7, 11) is 4.16. The van der Waals surface area contributed by atoms with Crippen molar-refractivity contribution in [1.82, 2.24) is 10.2 Å². The van der Waals surface area contributed by atoms with Gasteiger partial charge in [0.2, 0.25) is 0 Å². The van der Waals surface area contributed by atoms with E-state index in [1.807, 2.05) is 0 Å². The zero-order chi connectivity index (χ0) is 15.0. The molecule has 0 spiro atoms. The highest BCUT2D eigenvalue weighted by Gasteiger charge is 2.29. The number of nitrogens with one attached hydrogen (secondary N) is 1. The Kier molecular flexibility index (Phi) is 8.08. The molecule has 0 atom stereocenters. The van der Waals surface area contributed by atoms with Gasteiger partial charge in [-0.3, -0.25) is 0 Å². The molecule has 1 aliphatic rings. The van der Waals surface area contributed by atoms with Gasteiger partial charge in [0, 0.05) is 13.1 Å². The summed E-state index contributed by atoms with van der Waals surface area (Å²) in [4.78, 5) is 2.15. The van der Waals surface area contributed by atoms with Gasteiger partial charge in [-0.2, -0.15) is 0 Å². The number of hydrogen-bond donors (Lipinski definition) is 1. The fourth-order valence-corrected chi connectivity index (χ4v) is 3.03. The van der Waals surface area contributed by atoms with Gasteiger partial charge in [-0.05, 0) is 63.6 Å². The topological polar surface area (TPSA) is 24.5 Å². The quantitative estimate of drug-likeness (QED) is 0.694. The average Bonchev–Trinajstić information content (AvgIpc) is 2.37. The SMILES string of the molecule is CN(C)CCOCCNCC1CCC(C(C)(C)C)CC1. The van der Waals surface area contributed by atoms with Crippen LogP contribution in [0.2, 0.25) is 0 Å². The zero-order valence-corrected chi connectivity index (χ0v) is 14.4. The molecule has 3 heteroatoms. The van der Waals surface area contributed by atoms with Crippen LogP contribution >= 0.6 is 0 Å². The summed E-state index contributed by atoms with van der Waals surface area (Å²) in [6.45, 7) is 12.0. The average molecular weight is 284 g/mol. The Labute approximate surface area is 126 Å². The van der Waals surface area contributed by atoms with E-state index >= 15 is 0 Å². The molecule has 120 valence electrons. The van der Waals surface area contributed by atoms with E-state index in [0.717, 1.165) is 38.1 Å². The highest BCUT2D eigenvalue weighted by molar-refractivity contribution is 4.81. The van der Waals surface area contributed by atoms with Gasteiger partial charge in [-0.25, -0.2) is 0 Å². The van der Waals surface area contributed by atoms with E-state index in [4.69, 9.17) is 4.74 Å². The summed E-state index contributed by atoms with van der Waals surface area (Å²) in [5.41, 5.74) is 0.499. The second-order valence-corrected chi connectivity index (χ2v) is 7.70. The fourth-order valence-electron chi connectivity index (χ4n) is 3.03. The molecule has 0 aromatic carbocycles. The molecule has 0 bridgehead atoms. The summed E-state index contributed by atoms with van der Waals surface area (Å²) in [6.07, 6.45) is 5.62.